The number of hydrogen-bond acceptors (Lipinski definition) is 5. The highest BCUT2D eigenvalue weighted by Crippen LogP contribution is 2.39. The molecule has 0 N–H and O–H groups in total. The molecule has 2 aliphatic heterocycles. The number of benzene rings is 1. The third-order valence-electron chi connectivity index (χ3n) is 4.49. The van der Waals surface area contributed by atoms with Gasteiger partial charge in [0.2, 0.25) is 5.91 Å². The highest BCUT2D eigenvalue weighted by atomic mass is 35.5. The first-order valence-electron chi connectivity index (χ1n) is 7.63. The lowest BCUT2D eigenvalue weighted by Gasteiger charge is -2.40. The van der Waals surface area contributed by atoms with Crippen LogP contribution in [0.4, 0.5) is 5.82 Å². The van der Waals surface area contributed by atoms with Crippen LogP contribution in [0.2, 0.25) is 5.02 Å². The van der Waals surface area contributed by atoms with Gasteiger partial charge in [0.25, 0.3) is 0 Å². The molecule has 4 rings (SSSR count). The molecule has 1 saturated heterocycles. The topological polar surface area (TPSA) is 58.6 Å². The van der Waals surface area contributed by atoms with Crippen molar-refractivity contribution in [3.63, 3.8) is 0 Å². The summed E-state index contributed by atoms with van der Waals surface area (Å²) in [7, 11) is 0. The van der Waals surface area contributed by atoms with Crippen LogP contribution in [-0.2, 0) is 4.79 Å². The average molecular weight is 357 g/mol. The Morgan fingerprint density at radius 3 is 3.08 bits per heavy atom. The molecule has 0 saturated carbocycles. The van der Waals surface area contributed by atoms with Crippen molar-refractivity contribution in [1.82, 2.24) is 14.9 Å². The summed E-state index contributed by atoms with van der Waals surface area (Å²) in [4.78, 5) is 24.8. The van der Waals surface area contributed by atoms with Crippen LogP contribution >= 0.6 is 11.6 Å². The highest BCUT2D eigenvalue weighted by molar-refractivity contribution is 6.47. The standard InChI is InChI=1S/C16H14ClN4O2.Al/c1-2-13(22)20-5-6-21-10(7-20)8-23-15-11(17)3-4-12-14(15)16(21)19-9-18-12;/h2,4,9-10H,1,5-8H2;/t10-;/m0./s1. The first-order valence-corrected chi connectivity index (χ1v) is 8.59. The van der Waals surface area contributed by atoms with Crippen LogP contribution in [-0.4, -0.2) is 69.3 Å². The van der Waals surface area contributed by atoms with Gasteiger partial charge in [-0.2, -0.15) is 0 Å². The summed E-state index contributed by atoms with van der Waals surface area (Å²) < 4.78 is 6.87. The predicted octanol–water partition coefficient (Wildman–Crippen LogP) is 0.673. The van der Waals surface area contributed by atoms with Crippen molar-refractivity contribution in [2.24, 2.45) is 0 Å². The number of piperazine rings is 1. The van der Waals surface area contributed by atoms with Crippen LogP contribution in [0.1, 0.15) is 0 Å². The number of carbonyl (C=O) groups excluding carboxylic acids is 1. The molecule has 1 amide bonds. The van der Waals surface area contributed by atoms with Crippen molar-refractivity contribution >= 4 is 54.9 Å². The molecule has 6 nitrogen and oxygen atoms in total. The molecular formula is C16H14AlClN4O2. The molecule has 1 atom stereocenters. The fraction of sp³-hybridized carbons (Fsp3) is 0.312. The van der Waals surface area contributed by atoms with Gasteiger partial charge in [0, 0.05) is 19.6 Å². The van der Waals surface area contributed by atoms with Crippen LogP contribution < -0.4 is 14.1 Å². The zero-order valence-electron chi connectivity index (χ0n) is 12.9. The van der Waals surface area contributed by atoms with Crippen molar-refractivity contribution in [2.75, 3.05) is 31.1 Å². The van der Waals surface area contributed by atoms with E-state index < -0.39 is 0 Å². The monoisotopic (exact) mass is 356 g/mol. The summed E-state index contributed by atoms with van der Waals surface area (Å²) in [5.74, 6) is 1.37. The average Bonchev–Trinajstić information content (AvgIpc) is 2.77. The molecule has 2 aromatic rings. The van der Waals surface area contributed by atoms with Crippen molar-refractivity contribution in [2.45, 2.75) is 6.04 Å². The van der Waals surface area contributed by atoms with Gasteiger partial charge in [0.1, 0.15) is 24.5 Å². The van der Waals surface area contributed by atoms with E-state index in [1.54, 1.807) is 11.2 Å². The highest BCUT2D eigenvalue weighted by Gasteiger charge is 2.34. The molecule has 1 aromatic carbocycles. The number of amides is 1. The molecule has 0 bridgehead atoms. The second kappa shape index (κ2) is 5.92. The van der Waals surface area contributed by atoms with E-state index in [1.165, 1.54) is 6.08 Å². The van der Waals surface area contributed by atoms with E-state index in [1.807, 2.05) is 6.07 Å². The number of rotatable bonds is 1. The summed E-state index contributed by atoms with van der Waals surface area (Å²) in [5.41, 5.74) is 0.801. The fourth-order valence-corrected chi connectivity index (χ4v) is 3.80. The molecule has 3 heterocycles. The summed E-state index contributed by atoms with van der Waals surface area (Å²) in [6, 6.07) is 1.93. The van der Waals surface area contributed by atoms with Gasteiger partial charge < -0.3 is 14.5 Å². The van der Waals surface area contributed by atoms with E-state index in [-0.39, 0.29) is 11.9 Å². The molecule has 0 unspecified atom stereocenters. The maximum absolute atomic E-state index is 11.9. The Morgan fingerprint density at radius 2 is 2.29 bits per heavy atom. The normalized spacial score (nSPS) is 19.5. The Labute approximate surface area is 152 Å². The van der Waals surface area contributed by atoms with E-state index in [2.05, 4.69) is 37.7 Å². The zero-order chi connectivity index (χ0) is 16.8. The third-order valence-corrected chi connectivity index (χ3v) is 5.52. The maximum atomic E-state index is 11.9. The van der Waals surface area contributed by atoms with Gasteiger partial charge in [-0.25, -0.2) is 9.97 Å². The second-order valence-electron chi connectivity index (χ2n) is 5.85. The molecular weight excluding hydrogens is 343 g/mol. The van der Waals surface area contributed by atoms with E-state index in [0.717, 1.165) is 21.1 Å². The smallest absolute Gasteiger partial charge is 0.246 e. The molecule has 8 heteroatoms. The predicted molar refractivity (Wildman–Crippen MR) is 93.3 cm³/mol. The largest absolute Gasteiger partial charge is 0.489 e. The van der Waals surface area contributed by atoms with Gasteiger partial charge in [-0.3, -0.25) is 4.79 Å². The number of hydrogen-bond donors (Lipinski definition) is 0. The molecule has 0 aliphatic carbocycles. The van der Waals surface area contributed by atoms with Gasteiger partial charge >= 0.3 is 0 Å². The van der Waals surface area contributed by atoms with Gasteiger partial charge in [-0.05, 0) is 12.1 Å². The molecule has 120 valence electrons. The van der Waals surface area contributed by atoms with E-state index in [4.69, 9.17) is 16.3 Å². The summed E-state index contributed by atoms with van der Waals surface area (Å²) in [6.07, 6.45) is 2.91. The minimum absolute atomic E-state index is 0.0113. The first-order chi connectivity index (χ1) is 11.6. The van der Waals surface area contributed by atoms with Gasteiger partial charge in [-0.15, -0.1) is 4.43 Å². The van der Waals surface area contributed by atoms with E-state index in [9.17, 15) is 4.79 Å². The maximum Gasteiger partial charge on any atom is 0.246 e. The summed E-state index contributed by atoms with van der Waals surface area (Å²) >= 11 is 9.06. The van der Waals surface area contributed by atoms with Crippen LogP contribution in [0.5, 0.6) is 5.75 Å². The van der Waals surface area contributed by atoms with Crippen molar-refractivity contribution in [1.29, 1.82) is 0 Å². The Balaban J connectivity index is 1.82. The SMILES string of the molecule is C=CC(=O)N1CCN2c3ncnc4c[c]([Al])c(Cl)c(c34)OC[C@@H]2C1. The Kier molecular flexibility index (Phi) is 3.88. The lowest BCUT2D eigenvalue weighted by atomic mass is 10.1. The number of fused-ring (bicyclic) bond motifs is 2. The number of aromatic nitrogens is 2. The number of halogens is 1. The minimum atomic E-state index is -0.0606. The molecule has 1 aromatic heterocycles. The quantitative estimate of drug-likeness (QED) is 0.555. The summed E-state index contributed by atoms with van der Waals surface area (Å²) in [6.45, 7) is 5.87. The third kappa shape index (κ3) is 2.36. The van der Waals surface area contributed by atoms with Crippen molar-refractivity contribution in [3.8, 4) is 5.75 Å². The Hall–Kier alpha value is -1.81. The van der Waals surface area contributed by atoms with E-state index >= 15 is 0 Å². The number of ether oxygens (including phenoxy) is 1. The van der Waals surface area contributed by atoms with E-state index in [0.29, 0.717) is 37.0 Å². The van der Waals surface area contributed by atoms with Gasteiger partial charge in [0.15, 0.2) is 16.3 Å². The molecule has 2 radical (unpaired) electrons. The number of carbonyl (C=O) groups is 1. The Morgan fingerprint density at radius 1 is 1.46 bits per heavy atom. The molecule has 2 aliphatic rings. The van der Waals surface area contributed by atoms with Crippen molar-refractivity contribution in [3.05, 3.63) is 30.1 Å². The van der Waals surface area contributed by atoms with Crippen LogP contribution in [0.25, 0.3) is 10.9 Å². The van der Waals surface area contributed by atoms with Crippen LogP contribution in [0, 0.1) is 0 Å². The fourth-order valence-electron chi connectivity index (χ4n) is 3.31. The molecule has 0 spiro atoms. The van der Waals surface area contributed by atoms with Gasteiger partial charge in [-0.1, -0.05) is 18.2 Å². The minimum Gasteiger partial charge on any atom is -0.489 e. The summed E-state index contributed by atoms with van der Waals surface area (Å²) in [5, 5.41) is 1.39. The van der Waals surface area contributed by atoms with Crippen LogP contribution in [0.3, 0.4) is 0 Å². The zero-order valence-corrected chi connectivity index (χ0v) is 14.8. The number of nitrogens with zero attached hydrogens (tertiary/aromatic N) is 4. The first kappa shape index (κ1) is 15.7. The number of anilines is 1. The Bertz CT molecular complexity index is 860. The molecule has 24 heavy (non-hydrogen) atoms. The van der Waals surface area contributed by atoms with Gasteiger partial charge in [0.05, 0.1) is 22.0 Å². The van der Waals surface area contributed by atoms with Crippen molar-refractivity contribution < 1.29 is 9.53 Å². The lowest BCUT2D eigenvalue weighted by molar-refractivity contribution is -0.126. The molecule has 1 fully saturated rings. The lowest BCUT2D eigenvalue weighted by Crippen LogP contribution is -2.56. The van der Waals surface area contributed by atoms with Crippen LogP contribution in [0.15, 0.2) is 25.0 Å². The second-order valence-corrected chi connectivity index (χ2v) is 6.85.